The maximum absolute atomic E-state index is 12.9. The van der Waals surface area contributed by atoms with Crippen molar-refractivity contribution in [3.63, 3.8) is 0 Å². The summed E-state index contributed by atoms with van der Waals surface area (Å²) in [5.74, 6) is -0.150. The summed E-state index contributed by atoms with van der Waals surface area (Å²) in [6.45, 7) is 8.19. The van der Waals surface area contributed by atoms with Crippen LogP contribution in [-0.4, -0.2) is 28.4 Å². The number of aromatic nitrogens is 2. The van der Waals surface area contributed by atoms with Gasteiger partial charge in [-0.05, 0) is 72.6 Å². The van der Waals surface area contributed by atoms with Gasteiger partial charge in [-0.15, -0.1) is 0 Å². The number of carbonyl (C=O) groups is 1. The lowest BCUT2D eigenvalue weighted by atomic mass is 10.2. The Kier molecular flexibility index (Phi) is 5.61. The molecule has 3 aromatic rings. The Morgan fingerprint density at radius 3 is 2.42 bits per heavy atom. The molecule has 6 heteroatoms. The van der Waals surface area contributed by atoms with Gasteiger partial charge < -0.3 is 10.2 Å². The molecule has 0 aliphatic rings. The van der Waals surface area contributed by atoms with Crippen LogP contribution in [0.4, 0.5) is 11.4 Å². The molecule has 0 saturated heterocycles. The van der Waals surface area contributed by atoms with Gasteiger partial charge in [0.05, 0.1) is 5.69 Å². The summed E-state index contributed by atoms with van der Waals surface area (Å²) in [6.07, 6.45) is 2.57. The highest BCUT2D eigenvalue weighted by atomic mass is 79.9. The van der Waals surface area contributed by atoms with Crippen molar-refractivity contribution in [2.45, 2.75) is 27.2 Å². The average molecular weight is 415 g/mol. The number of amides is 1. The molecule has 0 fully saturated rings. The summed E-state index contributed by atoms with van der Waals surface area (Å²) in [7, 11) is 0. The van der Waals surface area contributed by atoms with E-state index in [1.54, 1.807) is 0 Å². The molecule has 1 N–H and O–H groups in total. The van der Waals surface area contributed by atoms with E-state index >= 15 is 0 Å². The number of rotatable bonds is 6. The second-order valence-corrected chi connectivity index (χ2v) is 6.93. The Bertz CT molecular complexity index is 913. The first-order valence-electron chi connectivity index (χ1n) is 8.90. The van der Waals surface area contributed by atoms with Gasteiger partial charge in [-0.3, -0.25) is 9.20 Å². The topological polar surface area (TPSA) is 49.6 Å². The third kappa shape index (κ3) is 3.60. The van der Waals surface area contributed by atoms with Crippen LogP contribution in [0, 0.1) is 0 Å². The number of carbonyl (C=O) groups excluding carboxylic acids is 1. The Morgan fingerprint density at radius 1 is 1.12 bits per heavy atom. The molecule has 5 nitrogen and oxygen atoms in total. The van der Waals surface area contributed by atoms with Gasteiger partial charge in [-0.25, -0.2) is 4.98 Å². The van der Waals surface area contributed by atoms with Crippen LogP contribution >= 0.6 is 15.9 Å². The third-order valence-electron chi connectivity index (χ3n) is 4.46. The maximum atomic E-state index is 12.9. The van der Waals surface area contributed by atoms with Gasteiger partial charge in [-0.1, -0.05) is 6.92 Å². The molecule has 0 bridgehead atoms. The predicted octanol–water partition coefficient (Wildman–Crippen LogP) is 4.76. The first kappa shape index (κ1) is 18.5. The van der Waals surface area contributed by atoms with E-state index in [2.05, 4.69) is 45.0 Å². The molecular weight excluding hydrogens is 392 g/mol. The van der Waals surface area contributed by atoms with E-state index < -0.39 is 0 Å². The zero-order valence-corrected chi connectivity index (χ0v) is 16.9. The predicted molar refractivity (Wildman–Crippen MR) is 110 cm³/mol. The van der Waals surface area contributed by atoms with Crippen LogP contribution in [0.15, 0.2) is 47.1 Å². The number of nitrogens with zero attached hydrogens (tertiary/aromatic N) is 3. The molecule has 136 valence electrons. The zero-order valence-electron chi connectivity index (χ0n) is 15.3. The van der Waals surface area contributed by atoms with E-state index in [4.69, 9.17) is 0 Å². The van der Waals surface area contributed by atoms with Crippen molar-refractivity contribution in [1.29, 1.82) is 0 Å². The fraction of sp³-hybridized carbons (Fsp3) is 0.300. The zero-order chi connectivity index (χ0) is 18.7. The lowest BCUT2D eigenvalue weighted by Gasteiger charge is -2.21. The van der Waals surface area contributed by atoms with E-state index in [0.29, 0.717) is 12.1 Å². The molecule has 0 saturated carbocycles. The van der Waals surface area contributed by atoms with Gasteiger partial charge in [0.25, 0.3) is 5.91 Å². The number of aryl methyl sites for hydroxylation is 1. The molecule has 0 radical (unpaired) electrons. The van der Waals surface area contributed by atoms with Crippen molar-refractivity contribution in [1.82, 2.24) is 9.38 Å². The van der Waals surface area contributed by atoms with E-state index in [9.17, 15) is 4.79 Å². The molecule has 3 rings (SSSR count). The number of benzene rings is 1. The fourth-order valence-corrected chi connectivity index (χ4v) is 3.43. The van der Waals surface area contributed by atoms with E-state index in [1.807, 2.05) is 53.9 Å². The van der Waals surface area contributed by atoms with E-state index in [1.165, 1.54) is 0 Å². The van der Waals surface area contributed by atoms with Crippen LogP contribution < -0.4 is 10.2 Å². The van der Waals surface area contributed by atoms with E-state index in [-0.39, 0.29) is 5.91 Å². The molecule has 2 heterocycles. The number of pyridine rings is 1. The van der Waals surface area contributed by atoms with Crippen molar-refractivity contribution in [2.24, 2.45) is 0 Å². The number of hydrogen-bond donors (Lipinski definition) is 1. The van der Waals surface area contributed by atoms with Crippen LogP contribution in [0.25, 0.3) is 5.65 Å². The van der Waals surface area contributed by atoms with Crippen molar-refractivity contribution < 1.29 is 4.79 Å². The third-order valence-corrected chi connectivity index (χ3v) is 4.93. The monoisotopic (exact) mass is 414 g/mol. The number of imidazole rings is 1. The Hall–Kier alpha value is -2.34. The summed E-state index contributed by atoms with van der Waals surface area (Å²) in [5, 5.41) is 3.00. The van der Waals surface area contributed by atoms with Gasteiger partial charge in [0, 0.05) is 35.1 Å². The van der Waals surface area contributed by atoms with Crippen molar-refractivity contribution in [2.75, 3.05) is 23.3 Å². The van der Waals surface area contributed by atoms with Crippen LogP contribution in [0.5, 0.6) is 0 Å². The maximum Gasteiger partial charge on any atom is 0.274 e. The highest BCUT2D eigenvalue weighted by Gasteiger charge is 2.18. The molecule has 26 heavy (non-hydrogen) atoms. The molecular formula is C20H23BrN4O. The molecule has 2 aromatic heterocycles. The lowest BCUT2D eigenvalue weighted by Crippen LogP contribution is -2.21. The summed E-state index contributed by atoms with van der Waals surface area (Å²) >= 11 is 3.46. The first-order chi connectivity index (χ1) is 12.6. The Morgan fingerprint density at radius 2 is 1.81 bits per heavy atom. The number of halogens is 1. The fourth-order valence-electron chi connectivity index (χ4n) is 3.09. The van der Waals surface area contributed by atoms with Crippen LogP contribution in [0.2, 0.25) is 0 Å². The van der Waals surface area contributed by atoms with Gasteiger partial charge in [0.2, 0.25) is 0 Å². The highest BCUT2D eigenvalue weighted by Crippen LogP contribution is 2.21. The highest BCUT2D eigenvalue weighted by molar-refractivity contribution is 9.10. The molecule has 1 amide bonds. The molecule has 0 atom stereocenters. The van der Waals surface area contributed by atoms with Crippen LogP contribution in [0.1, 0.15) is 37.0 Å². The number of hydrogen-bond acceptors (Lipinski definition) is 3. The van der Waals surface area contributed by atoms with Gasteiger partial charge in [-0.2, -0.15) is 0 Å². The van der Waals surface area contributed by atoms with Gasteiger partial charge >= 0.3 is 0 Å². The number of nitrogens with one attached hydrogen (secondary N) is 1. The summed E-state index contributed by atoms with van der Waals surface area (Å²) < 4.78 is 2.74. The Balaban J connectivity index is 1.88. The van der Waals surface area contributed by atoms with Gasteiger partial charge in [0.15, 0.2) is 0 Å². The number of fused-ring (bicyclic) bond motifs is 1. The van der Waals surface area contributed by atoms with Crippen LogP contribution in [0.3, 0.4) is 0 Å². The molecule has 1 aromatic carbocycles. The molecule has 0 spiro atoms. The normalized spacial score (nSPS) is 10.9. The minimum Gasteiger partial charge on any atom is -0.372 e. The quantitative estimate of drug-likeness (QED) is 0.632. The summed E-state index contributed by atoms with van der Waals surface area (Å²) in [5.41, 5.74) is 4.07. The van der Waals surface area contributed by atoms with Crippen LogP contribution in [-0.2, 0) is 6.42 Å². The van der Waals surface area contributed by atoms with Crippen molar-refractivity contribution in [3.05, 3.63) is 58.5 Å². The molecule has 0 aliphatic carbocycles. The minimum atomic E-state index is -0.150. The second-order valence-electron chi connectivity index (χ2n) is 6.01. The largest absolute Gasteiger partial charge is 0.372 e. The summed E-state index contributed by atoms with van der Waals surface area (Å²) in [4.78, 5) is 19.7. The van der Waals surface area contributed by atoms with Gasteiger partial charge in [0.1, 0.15) is 11.3 Å². The minimum absolute atomic E-state index is 0.150. The standard InChI is InChI=1S/C20H23BrN4O/c1-4-17-19(25-13-14(21)7-12-18(25)23-17)20(26)22-15-8-10-16(11-9-15)24(5-2)6-3/h7-13H,4-6H2,1-3H3,(H,22,26). The van der Waals surface area contributed by atoms with Crippen molar-refractivity contribution in [3.8, 4) is 0 Å². The first-order valence-corrected chi connectivity index (χ1v) is 9.69. The molecule has 0 aliphatic heterocycles. The SMILES string of the molecule is CCc1nc2ccc(Br)cn2c1C(=O)Nc1ccc(N(CC)CC)cc1. The number of anilines is 2. The smallest absolute Gasteiger partial charge is 0.274 e. The Labute approximate surface area is 162 Å². The van der Waals surface area contributed by atoms with Crippen molar-refractivity contribution >= 4 is 38.9 Å². The molecule has 0 unspecified atom stereocenters. The second kappa shape index (κ2) is 7.91. The summed E-state index contributed by atoms with van der Waals surface area (Å²) in [6, 6.07) is 11.8. The van der Waals surface area contributed by atoms with E-state index in [0.717, 1.165) is 40.3 Å². The lowest BCUT2D eigenvalue weighted by molar-refractivity contribution is 0.102. The average Bonchev–Trinajstić information content (AvgIpc) is 3.02.